The monoisotopic (exact) mass is 298 g/mol. The molecule has 2 N–H and O–H groups in total. The first kappa shape index (κ1) is 18.0. The van der Waals surface area contributed by atoms with Crippen LogP contribution < -0.4 is 5.32 Å². The molecule has 0 aromatic rings. The predicted molar refractivity (Wildman–Crippen MR) is 83.0 cm³/mol. The van der Waals surface area contributed by atoms with E-state index in [1.165, 1.54) is 0 Å². The molecule has 1 amide bonds. The summed E-state index contributed by atoms with van der Waals surface area (Å²) in [5, 5.41) is 12.1. The summed E-state index contributed by atoms with van der Waals surface area (Å²) in [7, 11) is 2.10. The van der Waals surface area contributed by atoms with Gasteiger partial charge in [0, 0.05) is 12.6 Å². The quantitative estimate of drug-likeness (QED) is 0.672. The van der Waals surface area contributed by atoms with Gasteiger partial charge in [0.1, 0.15) is 0 Å². The molecule has 122 valence electrons. The Bertz CT molecular complexity index is 357. The van der Waals surface area contributed by atoms with Crippen molar-refractivity contribution < 1.29 is 14.7 Å². The molecule has 0 aromatic carbocycles. The Morgan fingerprint density at radius 2 is 1.86 bits per heavy atom. The minimum absolute atomic E-state index is 0.0797. The smallest absolute Gasteiger partial charge is 0.307 e. The number of nitrogens with one attached hydrogen (secondary N) is 1. The maximum Gasteiger partial charge on any atom is 0.307 e. The second-order valence-corrected chi connectivity index (χ2v) is 6.70. The Labute approximate surface area is 128 Å². The zero-order valence-electron chi connectivity index (χ0n) is 13.8. The van der Waals surface area contributed by atoms with Crippen molar-refractivity contribution in [3.63, 3.8) is 0 Å². The van der Waals surface area contributed by atoms with Gasteiger partial charge in [-0.25, -0.2) is 0 Å². The molecule has 0 radical (unpaired) electrons. The lowest BCUT2D eigenvalue weighted by atomic mass is 9.95. The van der Waals surface area contributed by atoms with Crippen LogP contribution in [0.5, 0.6) is 0 Å². The van der Waals surface area contributed by atoms with Crippen molar-refractivity contribution in [1.82, 2.24) is 10.2 Å². The van der Waals surface area contributed by atoms with Crippen LogP contribution >= 0.6 is 0 Å². The third-order valence-electron chi connectivity index (χ3n) is 4.57. The van der Waals surface area contributed by atoms with Crippen molar-refractivity contribution >= 4 is 11.9 Å². The molecule has 0 aliphatic heterocycles. The van der Waals surface area contributed by atoms with Crippen molar-refractivity contribution in [3.8, 4) is 0 Å². The largest absolute Gasteiger partial charge is 0.481 e. The van der Waals surface area contributed by atoms with Crippen molar-refractivity contribution in [3.05, 3.63) is 0 Å². The standard InChI is InChI=1S/C16H30N2O3/c1-11(2)18(4)8-6-5-7-17-15(19)13-9-12(3)10-14(13)16(20)21/h11-14H,5-10H2,1-4H3,(H,17,19)(H,20,21). The van der Waals surface area contributed by atoms with Gasteiger partial charge in [0.15, 0.2) is 0 Å². The highest BCUT2D eigenvalue weighted by atomic mass is 16.4. The molecule has 1 aliphatic carbocycles. The number of rotatable bonds is 8. The summed E-state index contributed by atoms with van der Waals surface area (Å²) in [5.74, 6) is -1.45. The average molecular weight is 298 g/mol. The summed E-state index contributed by atoms with van der Waals surface area (Å²) in [5.41, 5.74) is 0. The molecule has 1 rings (SSSR count). The minimum atomic E-state index is -0.835. The number of amides is 1. The summed E-state index contributed by atoms with van der Waals surface area (Å²) in [6.07, 6.45) is 3.28. The summed E-state index contributed by atoms with van der Waals surface area (Å²) < 4.78 is 0. The van der Waals surface area contributed by atoms with E-state index < -0.39 is 11.9 Å². The topological polar surface area (TPSA) is 69.6 Å². The molecule has 0 heterocycles. The fourth-order valence-corrected chi connectivity index (χ4v) is 2.94. The normalized spacial score (nSPS) is 25.5. The van der Waals surface area contributed by atoms with Gasteiger partial charge in [-0.2, -0.15) is 0 Å². The number of carboxylic acid groups (broad SMARTS) is 1. The Hall–Kier alpha value is -1.10. The highest BCUT2D eigenvalue weighted by Gasteiger charge is 2.40. The lowest BCUT2D eigenvalue weighted by Gasteiger charge is -2.21. The van der Waals surface area contributed by atoms with E-state index in [9.17, 15) is 14.7 Å². The van der Waals surface area contributed by atoms with Crippen LogP contribution in [0.25, 0.3) is 0 Å². The van der Waals surface area contributed by atoms with Crippen molar-refractivity contribution in [1.29, 1.82) is 0 Å². The van der Waals surface area contributed by atoms with E-state index in [-0.39, 0.29) is 11.8 Å². The van der Waals surface area contributed by atoms with Gasteiger partial charge in [-0.1, -0.05) is 6.92 Å². The summed E-state index contributed by atoms with van der Waals surface area (Å²) in [4.78, 5) is 25.6. The van der Waals surface area contributed by atoms with Crippen LogP contribution in [-0.4, -0.2) is 48.1 Å². The second kappa shape index (κ2) is 8.37. The molecular formula is C16H30N2O3. The van der Waals surface area contributed by atoms with Crippen molar-refractivity contribution in [2.75, 3.05) is 20.1 Å². The van der Waals surface area contributed by atoms with Gasteiger partial charge >= 0.3 is 5.97 Å². The molecule has 21 heavy (non-hydrogen) atoms. The molecule has 0 spiro atoms. The fraction of sp³-hybridized carbons (Fsp3) is 0.875. The number of carboxylic acids is 1. The minimum Gasteiger partial charge on any atom is -0.481 e. The molecule has 3 atom stereocenters. The zero-order chi connectivity index (χ0) is 16.0. The van der Waals surface area contributed by atoms with E-state index in [1.54, 1.807) is 0 Å². The zero-order valence-corrected chi connectivity index (χ0v) is 13.8. The molecule has 5 nitrogen and oxygen atoms in total. The Morgan fingerprint density at radius 3 is 2.43 bits per heavy atom. The Balaban J connectivity index is 2.26. The SMILES string of the molecule is CC1CC(C(=O)O)C(C(=O)NCCCCN(C)C(C)C)C1. The van der Waals surface area contributed by atoms with E-state index in [0.717, 1.165) is 19.4 Å². The van der Waals surface area contributed by atoms with Crippen LogP contribution in [0, 0.1) is 17.8 Å². The van der Waals surface area contributed by atoms with Gasteiger partial charge < -0.3 is 15.3 Å². The number of nitrogens with zero attached hydrogens (tertiary/aromatic N) is 1. The van der Waals surface area contributed by atoms with Gasteiger partial charge in [0.2, 0.25) is 5.91 Å². The summed E-state index contributed by atoms with van der Waals surface area (Å²) >= 11 is 0. The first-order chi connectivity index (χ1) is 9.82. The Kier molecular flexibility index (Phi) is 7.15. The number of unbranched alkanes of at least 4 members (excludes halogenated alkanes) is 1. The number of carbonyl (C=O) groups is 2. The molecule has 3 unspecified atom stereocenters. The van der Waals surface area contributed by atoms with Crippen LogP contribution in [0.1, 0.15) is 46.5 Å². The Morgan fingerprint density at radius 1 is 1.24 bits per heavy atom. The molecule has 1 fully saturated rings. The van der Waals surface area contributed by atoms with E-state index in [2.05, 4.69) is 31.1 Å². The van der Waals surface area contributed by atoms with E-state index in [1.807, 2.05) is 6.92 Å². The number of carbonyl (C=O) groups excluding carboxylic acids is 1. The van der Waals surface area contributed by atoms with E-state index in [0.29, 0.717) is 31.3 Å². The first-order valence-corrected chi connectivity index (χ1v) is 8.03. The van der Waals surface area contributed by atoms with Gasteiger partial charge in [-0.05, 0) is 59.0 Å². The predicted octanol–water partition coefficient (Wildman–Crippen LogP) is 1.97. The summed E-state index contributed by atoms with van der Waals surface area (Å²) in [6.45, 7) is 8.00. The maximum atomic E-state index is 12.1. The first-order valence-electron chi connectivity index (χ1n) is 8.03. The van der Waals surface area contributed by atoms with Crippen LogP contribution in [0.3, 0.4) is 0 Å². The lowest BCUT2D eigenvalue weighted by Crippen LogP contribution is -2.36. The second-order valence-electron chi connectivity index (χ2n) is 6.70. The molecule has 5 heteroatoms. The van der Waals surface area contributed by atoms with Crippen LogP contribution in [0.15, 0.2) is 0 Å². The van der Waals surface area contributed by atoms with Crippen molar-refractivity contribution in [2.45, 2.75) is 52.5 Å². The van der Waals surface area contributed by atoms with Crippen LogP contribution in [-0.2, 0) is 9.59 Å². The number of hydrogen-bond donors (Lipinski definition) is 2. The third kappa shape index (κ3) is 5.65. The number of aliphatic carboxylic acids is 1. The van der Waals surface area contributed by atoms with Gasteiger partial charge in [0.25, 0.3) is 0 Å². The van der Waals surface area contributed by atoms with Crippen molar-refractivity contribution in [2.24, 2.45) is 17.8 Å². The molecule has 1 aliphatic rings. The molecular weight excluding hydrogens is 268 g/mol. The van der Waals surface area contributed by atoms with E-state index >= 15 is 0 Å². The van der Waals surface area contributed by atoms with Gasteiger partial charge in [-0.3, -0.25) is 9.59 Å². The summed E-state index contributed by atoms with van der Waals surface area (Å²) in [6, 6.07) is 0.538. The molecule has 1 saturated carbocycles. The number of hydrogen-bond acceptors (Lipinski definition) is 3. The average Bonchev–Trinajstić information content (AvgIpc) is 2.80. The molecule has 0 bridgehead atoms. The third-order valence-corrected chi connectivity index (χ3v) is 4.57. The lowest BCUT2D eigenvalue weighted by molar-refractivity contribution is -0.146. The van der Waals surface area contributed by atoms with E-state index in [4.69, 9.17) is 0 Å². The van der Waals surface area contributed by atoms with Gasteiger partial charge in [-0.15, -0.1) is 0 Å². The maximum absolute atomic E-state index is 12.1. The fourth-order valence-electron chi connectivity index (χ4n) is 2.94. The van der Waals surface area contributed by atoms with Crippen LogP contribution in [0.2, 0.25) is 0 Å². The van der Waals surface area contributed by atoms with Crippen LogP contribution in [0.4, 0.5) is 0 Å². The highest BCUT2D eigenvalue weighted by Crippen LogP contribution is 2.36. The molecule has 0 saturated heterocycles. The highest BCUT2D eigenvalue weighted by molar-refractivity contribution is 5.85. The molecule has 0 aromatic heterocycles. The van der Waals surface area contributed by atoms with Gasteiger partial charge in [0.05, 0.1) is 11.8 Å².